The zero-order valence-electron chi connectivity index (χ0n) is 14.5. The second-order valence-corrected chi connectivity index (χ2v) is 6.63. The Kier molecular flexibility index (Phi) is 11.1. The van der Waals surface area contributed by atoms with Crippen molar-refractivity contribution in [3.63, 3.8) is 0 Å². The smallest absolute Gasteiger partial charge is 0.185 e. The van der Waals surface area contributed by atoms with Crippen molar-refractivity contribution < 1.29 is 14.3 Å². The fraction of sp³-hybridized carbons (Fsp3) is 0.824. The topological polar surface area (TPSA) is 35.5 Å². The van der Waals surface area contributed by atoms with E-state index in [9.17, 15) is 4.79 Å². The highest BCUT2D eigenvalue weighted by Gasteiger charge is 2.38. The van der Waals surface area contributed by atoms with Crippen molar-refractivity contribution in [2.24, 2.45) is 11.3 Å². The van der Waals surface area contributed by atoms with Gasteiger partial charge >= 0.3 is 0 Å². The third kappa shape index (κ3) is 7.48. The Morgan fingerprint density at radius 1 is 1.24 bits per heavy atom. The quantitative estimate of drug-likeness (QED) is 0.410. The van der Waals surface area contributed by atoms with Crippen molar-refractivity contribution in [3.8, 4) is 0 Å². The van der Waals surface area contributed by atoms with Crippen LogP contribution in [0.4, 0.5) is 0 Å². The van der Waals surface area contributed by atoms with Gasteiger partial charge in [0.25, 0.3) is 0 Å². The maximum Gasteiger partial charge on any atom is 0.185 e. The molecule has 0 fully saturated rings. The molecule has 0 saturated heterocycles. The van der Waals surface area contributed by atoms with Gasteiger partial charge < -0.3 is 9.47 Å². The van der Waals surface area contributed by atoms with Gasteiger partial charge in [0.2, 0.25) is 0 Å². The minimum atomic E-state index is -0.214. The summed E-state index contributed by atoms with van der Waals surface area (Å²) >= 11 is 1.40. The van der Waals surface area contributed by atoms with Crippen molar-refractivity contribution in [2.45, 2.75) is 60.7 Å². The van der Waals surface area contributed by atoms with Crippen molar-refractivity contribution in [3.05, 3.63) is 12.2 Å². The van der Waals surface area contributed by atoms with E-state index in [4.69, 9.17) is 9.47 Å². The molecule has 0 N–H and O–H groups in total. The van der Waals surface area contributed by atoms with Gasteiger partial charge in [0.15, 0.2) is 11.4 Å². The highest BCUT2D eigenvalue weighted by atomic mass is 32.2. The summed E-state index contributed by atoms with van der Waals surface area (Å²) in [7, 11) is 0. The van der Waals surface area contributed by atoms with Gasteiger partial charge in [0, 0.05) is 31.8 Å². The van der Waals surface area contributed by atoms with Gasteiger partial charge in [0.05, 0.1) is 0 Å². The molecule has 2 atom stereocenters. The lowest BCUT2D eigenvalue weighted by atomic mass is 9.74. The monoisotopic (exact) mass is 316 g/mol. The van der Waals surface area contributed by atoms with E-state index < -0.39 is 0 Å². The second-order valence-electron chi connectivity index (χ2n) is 5.48. The summed E-state index contributed by atoms with van der Waals surface area (Å²) in [5.74, 6) is 1.04. The normalized spacial score (nSPS) is 16.3. The fourth-order valence-electron chi connectivity index (χ4n) is 2.35. The first-order valence-electron chi connectivity index (χ1n) is 7.92. The van der Waals surface area contributed by atoms with E-state index in [1.165, 1.54) is 11.8 Å². The first kappa shape index (κ1) is 20.7. The van der Waals surface area contributed by atoms with Crippen LogP contribution in [0.2, 0.25) is 0 Å². The van der Waals surface area contributed by atoms with Crippen LogP contribution in [-0.4, -0.2) is 30.4 Å². The van der Waals surface area contributed by atoms with Gasteiger partial charge in [-0.3, -0.25) is 4.79 Å². The van der Waals surface area contributed by atoms with E-state index in [1.807, 2.05) is 20.8 Å². The van der Waals surface area contributed by atoms with Crippen LogP contribution in [0.3, 0.4) is 0 Å². The number of carbonyl (C=O) groups excluding carboxylic acids is 1. The molecule has 0 heterocycles. The standard InChI is InChI=1S/C17H32O3S/c1-7-11-12-15(16(19-9-3)20-10-4)17(6,8-2)13-21-14(5)18/h7,11,15-16H,8-10,12-13H2,1-6H3. The van der Waals surface area contributed by atoms with E-state index in [-0.39, 0.29) is 22.7 Å². The summed E-state index contributed by atoms with van der Waals surface area (Å²) in [4.78, 5) is 11.4. The Bertz CT molecular complexity index is 311. The second kappa shape index (κ2) is 11.3. The summed E-state index contributed by atoms with van der Waals surface area (Å²) in [6.45, 7) is 13.3. The Morgan fingerprint density at radius 2 is 1.81 bits per heavy atom. The molecule has 0 bridgehead atoms. The molecule has 3 nitrogen and oxygen atoms in total. The molecule has 2 unspecified atom stereocenters. The molecule has 0 rings (SSSR count). The number of hydrogen-bond donors (Lipinski definition) is 0. The highest BCUT2D eigenvalue weighted by Crippen LogP contribution is 2.40. The lowest BCUT2D eigenvalue weighted by Gasteiger charge is -2.40. The van der Waals surface area contributed by atoms with Crippen molar-refractivity contribution in [1.82, 2.24) is 0 Å². The van der Waals surface area contributed by atoms with Crippen molar-refractivity contribution >= 4 is 16.9 Å². The maximum atomic E-state index is 11.4. The van der Waals surface area contributed by atoms with Gasteiger partial charge in [-0.25, -0.2) is 0 Å². The summed E-state index contributed by atoms with van der Waals surface area (Å²) in [6, 6.07) is 0. The Balaban J connectivity index is 5.22. The first-order valence-corrected chi connectivity index (χ1v) is 8.91. The third-order valence-electron chi connectivity index (χ3n) is 3.92. The van der Waals surface area contributed by atoms with Gasteiger partial charge in [-0.15, -0.1) is 0 Å². The Morgan fingerprint density at radius 3 is 2.19 bits per heavy atom. The number of hydrogen-bond acceptors (Lipinski definition) is 4. The van der Waals surface area contributed by atoms with Gasteiger partial charge in [-0.2, -0.15) is 0 Å². The van der Waals surface area contributed by atoms with Crippen LogP contribution < -0.4 is 0 Å². The molecule has 0 saturated carbocycles. The molecule has 0 aliphatic carbocycles. The minimum Gasteiger partial charge on any atom is -0.353 e. The molecular weight excluding hydrogens is 284 g/mol. The van der Waals surface area contributed by atoms with Crippen LogP contribution in [-0.2, 0) is 14.3 Å². The molecule has 124 valence electrons. The number of carbonyl (C=O) groups is 1. The predicted molar refractivity (Wildman–Crippen MR) is 91.5 cm³/mol. The molecule has 21 heavy (non-hydrogen) atoms. The number of thioether (sulfide) groups is 1. The summed E-state index contributed by atoms with van der Waals surface area (Å²) in [6.07, 6.45) is 5.92. The van der Waals surface area contributed by atoms with Gasteiger partial charge in [-0.05, 0) is 39.0 Å². The molecule has 0 amide bonds. The van der Waals surface area contributed by atoms with Crippen LogP contribution in [0, 0.1) is 11.3 Å². The molecule has 4 heteroatoms. The summed E-state index contributed by atoms with van der Waals surface area (Å²) < 4.78 is 11.7. The van der Waals surface area contributed by atoms with Crippen molar-refractivity contribution in [2.75, 3.05) is 19.0 Å². The maximum absolute atomic E-state index is 11.4. The zero-order chi connectivity index (χ0) is 16.3. The molecule has 0 aliphatic rings. The molecule has 0 aromatic heterocycles. The SMILES string of the molecule is CC=CCC(C(OCC)OCC)C(C)(CC)CSC(C)=O. The summed E-state index contributed by atoms with van der Waals surface area (Å²) in [5, 5.41) is 0.170. The lowest BCUT2D eigenvalue weighted by molar-refractivity contribution is -0.187. The van der Waals surface area contributed by atoms with Crippen LogP contribution in [0.1, 0.15) is 54.4 Å². The van der Waals surface area contributed by atoms with E-state index >= 15 is 0 Å². The molecular formula is C17H32O3S. The zero-order valence-corrected chi connectivity index (χ0v) is 15.3. The molecule has 0 aromatic carbocycles. The number of ether oxygens (including phenoxy) is 2. The fourth-order valence-corrected chi connectivity index (χ4v) is 3.30. The third-order valence-corrected chi connectivity index (χ3v) is 5.13. The number of rotatable bonds is 11. The minimum absolute atomic E-state index is 0.00481. The van der Waals surface area contributed by atoms with E-state index in [0.717, 1.165) is 18.6 Å². The average Bonchev–Trinajstić information content (AvgIpc) is 2.45. The van der Waals surface area contributed by atoms with Crippen LogP contribution in [0.5, 0.6) is 0 Å². The van der Waals surface area contributed by atoms with E-state index in [0.29, 0.717) is 13.2 Å². The molecule has 0 aliphatic heterocycles. The van der Waals surface area contributed by atoms with Crippen LogP contribution in [0.25, 0.3) is 0 Å². The van der Waals surface area contributed by atoms with E-state index in [2.05, 4.69) is 26.0 Å². The summed E-state index contributed by atoms with van der Waals surface area (Å²) in [5.41, 5.74) is 0.00481. The lowest BCUT2D eigenvalue weighted by Crippen LogP contribution is -2.40. The van der Waals surface area contributed by atoms with Crippen LogP contribution in [0.15, 0.2) is 12.2 Å². The highest BCUT2D eigenvalue weighted by molar-refractivity contribution is 8.13. The van der Waals surface area contributed by atoms with Crippen LogP contribution >= 0.6 is 11.8 Å². The molecule has 0 spiro atoms. The first-order chi connectivity index (χ1) is 9.95. The van der Waals surface area contributed by atoms with Crippen molar-refractivity contribution in [1.29, 1.82) is 0 Å². The Labute approximate surface area is 134 Å². The average molecular weight is 317 g/mol. The molecule has 0 aromatic rings. The van der Waals surface area contributed by atoms with Gasteiger partial charge in [-0.1, -0.05) is 37.8 Å². The molecule has 0 radical (unpaired) electrons. The predicted octanol–water partition coefficient (Wildman–Crippen LogP) is 4.66. The Hall–Kier alpha value is -0.320. The number of allylic oxidation sites excluding steroid dienone is 2. The largest absolute Gasteiger partial charge is 0.353 e. The van der Waals surface area contributed by atoms with Gasteiger partial charge in [0.1, 0.15) is 0 Å². The van der Waals surface area contributed by atoms with E-state index in [1.54, 1.807) is 6.92 Å².